The van der Waals surface area contributed by atoms with E-state index in [1.807, 2.05) is 32.0 Å². The van der Waals surface area contributed by atoms with Gasteiger partial charge in [0.2, 0.25) is 6.79 Å². The summed E-state index contributed by atoms with van der Waals surface area (Å²) in [6, 6.07) is 5.59. The van der Waals surface area contributed by atoms with Crippen molar-refractivity contribution in [1.82, 2.24) is 10.6 Å². The maximum absolute atomic E-state index is 11.9. The first-order valence-corrected chi connectivity index (χ1v) is 6.94. The Morgan fingerprint density at radius 3 is 2.50 bits per heavy atom. The number of hydrogen-bond acceptors (Lipinski definition) is 3. The van der Waals surface area contributed by atoms with Crippen molar-refractivity contribution < 1.29 is 14.3 Å². The lowest BCUT2D eigenvalue weighted by Crippen LogP contribution is -2.43. The third-order valence-electron chi connectivity index (χ3n) is 3.60. The van der Waals surface area contributed by atoms with E-state index in [2.05, 4.69) is 24.5 Å². The van der Waals surface area contributed by atoms with Gasteiger partial charge in [0.1, 0.15) is 0 Å². The molecule has 1 aromatic carbocycles. The summed E-state index contributed by atoms with van der Waals surface area (Å²) in [6.45, 7) is 8.35. The summed E-state index contributed by atoms with van der Waals surface area (Å²) in [5, 5.41) is 5.85. The van der Waals surface area contributed by atoms with E-state index in [0.717, 1.165) is 17.1 Å². The lowest BCUT2D eigenvalue weighted by molar-refractivity contribution is 0.174. The summed E-state index contributed by atoms with van der Waals surface area (Å²) in [6.07, 6.45) is 0. The van der Waals surface area contributed by atoms with Crippen LogP contribution in [-0.2, 0) is 0 Å². The first kappa shape index (κ1) is 14.5. The molecule has 2 N–H and O–H groups in total. The van der Waals surface area contributed by atoms with Crippen LogP contribution in [0.5, 0.6) is 11.5 Å². The summed E-state index contributed by atoms with van der Waals surface area (Å²) in [4.78, 5) is 11.9. The standard InChI is InChI=1S/C15H22N2O3/c1-9(2)10(3)16-15(18)17-11(4)12-5-6-13-14(7-12)20-8-19-13/h5-7,9-11H,8H2,1-4H3,(H2,16,17,18)/t10-,11-/m0/s1. The van der Waals surface area contributed by atoms with Gasteiger partial charge in [-0.15, -0.1) is 0 Å². The fourth-order valence-corrected chi connectivity index (χ4v) is 1.88. The Morgan fingerprint density at radius 1 is 1.10 bits per heavy atom. The molecule has 0 radical (unpaired) electrons. The molecule has 1 aliphatic rings. The number of urea groups is 1. The number of carbonyl (C=O) groups is 1. The lowest BCUT2D eigenvalue weighted by atomic mass is 10.1. The molecule has 0 unspecified atom stereocenters. The van der Waals surface area contributed by atoms with Crippen LogP contribution in [0.15, 0.2) is 18.2 Å². The second-order valence-corrected chi connectivity index (χ2v) is 5.48. The van der Waals surface area contributed by atoms with Gasteiger partial charge in [-0.2, -0.15) is 0 Å². The Balaban J connectivity index is 1.94. The van der Waals surface area contributed by atoms with Crippen LogP contribution in [0.25, 0.3) is 0 Å². The highest BCUT2D eigenvalue weighted by Crippen LogP contribution is 2.34. The third kappa shape index (κ3) is 3.35. The van der Waals surface area contributed by atoms with E-state index in [4.69, 9.17) is 9.47 Å². The first-order valence-electron chi connectivity index (χ1n) is 6.94. The molecule has 2 rings (SSSR count). The van der Waals surface area contributed by atoms with Gasteiger partial charge < -0.3 is 20.1 Å². The monoisotopic (exact) mass is 278 g/mol. The fourth-order valence-electron chi connectivity index (χ4n) is 1.88. The Bertz CT molecular complexity index is 488. The van der Waals surface area contributed by atoms with Crippen LogP contribution in [0.1, 0.15) is 39.3 Å². The van der Waals surface area contributed by atoms with Crippen LogP contribution in [0.2, 0.25) is 0 Å². The fraction of sp³-hybridized carbons (Fsp3) is 0.533. The van der Waals surface area contributed by atoms with Crippen LogP contribution in [0.3, 0.4) is 0 Å². The number of benzene rings is 1. The summed E-state index contributed by atoms with van der Waals surface area (Å²) < 4.78 is 10.6. The normalized spacial score (nSPS) is 15.8. The summed E-state index contributed by atoms with van der Waals surface area (Å²) in [5.41, 5.74) is 0.988. The zero-order chi connectivity index (χ0) is 14.7. The van der Waals surface area contributed by atoms with Gasteiger partial charge in [-0.3, -0.25) is 0 Å². The molecule has 20 heavy (non-hydrogen) atoms. The number of nitrogens with one attached hydrogen (secondary N) is 2. The lowest BCUT2D eigenvalue weighted by Gasteiger charge is -2.20. The van der Waals surface area contributed by atoms with Crippen molar-refractivity contribution in [3.05, 3.63) is 23.8 Å². The Kier molecular flexibility index (Phi) is 4.37. The van der Waals surface area contributed by atoms with Crippen LogP contribution >= 0.6 is 0 Å². The first-order chi connectivity index (χ1) is 9.47. The average molecular weight is 278 g/mol. The molecule has 0 saturated carbocycles. The molecule has 2 amide bonds. The highest BCUT2D eigenvalue weighted by molar-refractivity contribution is 5.74. The molecule has 1 aromatic rings. The molecular weight excluding hydrogens is 256 g/mol. The molecule has 0 fully saturated rings. The molecule has 0 bridgehead atoms. The summed E-state index contributed by atoms with van der Waals surface area (Å²) in [5.74, 6) is 1.88. The van der Waals surface area contributed by atoms with Crippen LogP contribution in [0, 0.1) is 5.92 Å². The van der Waals surface area contributed by atoms with E-state index in [9.17, 15) is 4.79 Å². The quantitative estimate of drug-likeness (QED) is 0.890. The molecule has 2 atom stereocenters. The predicted octanol–water partition coefficient (Wildman–Crippen LogP) is 2.82. The smallest absolute Gasteiger partial charge is 0.315 e. The van der Waals surface area contributed by atoms with Crippen molar-refractivity contribution in [3.63, 3.8) is 0 Å². The van der Waals surface area contributed by atoms with Crippen LogP contribution in [0.4, 0.5) is 4.79 Å². The maximum Gasteiger partial charge on any atom is 0.315 e. The van der Waals surface area contributed by atoms with Crippen molar-refractivity contribution in [1.29, 1.82) is 0 Å². The van der Waals surface area contributed by atoms with E-state index < -0.39 is 0 Å². The number of carbonyl (C=O) groups excluding carboxylic acids is 1. The van der Waals surface area contributed by atoms with Gasteiger partial charge >= 0.3 is 6.03 Å². The zero-order valence-electron chi connectivity index (χ0n) is 12.4. The van der Waals surface area contributed by atoms with Crippen molar-refractivity contribution in [2.24, 2.45) is 5.92 Å². The third-order valence-corrected chi connectivity index (χ3v) is 3.60. The minimum absolute atomic E-state index is 0.0936. The van der Waals surface area contributed by atoms with Gasteiger partial charge in [0.15, 0.2) is 11.5 Å². The molecule has 110 valence electrons. The highest BCUT2D eigenvalue weighted by atomic mass is 16.7. The van der Waals surface area contributed by atoms with Gasteiger partial charge in [0.05, 0.1) is 6.04 Å². The topological polar surface area (TPSA) is 59.6 Å². The Hall–Kier alpha value is -1.91. The van der Waals surface area contributed by atoms with Crippen molar-refractivity contribution in [2.75, 3.05) is 6.79 Å². The van der Waals surface area contributed by atoms with E-state index in [1.165, 1.54) is 0 Å². The van der Waals surface area contributed by atoms with Gasteiger partial charge in [0, 0.05) is 6.04 Å². The summed E-state index contributed by atoms with van der Waals surface area (Å²) in [7, 11) is 0. The Labute approximate surface area is 119 Å². The van der Waals surface area contributed by atoms with E-state index in [1.54, 1.807) is 0 Å². The molecule has 1 aliphatic heterocycles. The minimum Gasteiger partial charge on any atom is -0.454 e. The molecule has 5 nitrogen and oxygen atoms in total. The van der Waals surface area contributed by atoms with Gasteiger partial charge in [-0.25, -0.2) is 4.79 Å². The maximum atomic E-state index is 11.9. The number of fused-ring (bicyclic) bond motifs is 1. The van der Waals surface area contributed by atoms with E-state index >= 15 is 0 Å². The number of hydrogen-bond donors (Lipinski definition) is 2. The molecule has 0 spiro atoms. The Morgan fingerprint density at radius 2 is 1.80 bits per heavy atom. The van der Waals surface area contributed by atoms with Crippen molar-refractivity contribution >= 4 is 6.03 Å². The largest absolute Gasteiger partial charge is 0.454 e. The number of amides is 2. The molecule has 0 aromatic heterocycles. The number of ether oxygens (including phenoxy) is 2. The highest BCUT2D eigenvalue weighted by Gasteiger charge is 2.17. The van der Waals surface area contributed by atoms with Gasteiger partial charge in [0.25, 0.3) is 0 Å². The molecule has 0 aliphatic carbocycles. The molecule has 0 saturated heterocycles. The minimum atomic E-state index is -0.156. The predicted molar refractivity (Wildman–Crippen MR) is 76.9 cm³/mol. The second-order valence-electron chi connectivity index (χ2n) is 5.48. The van der Waals surface area contributed by atoms with Crippen LogP contribution < -0.4 is 20.1 Å². The summed E-state index contributed by atoms with van der Waals surface area (Å²) >= 11 is 0. The second kappa shape index (κ2) is 6.03. The SMILES string of the molecule is CC(C)[C@H](C)NC(=O)N[C@@H](C)c1ccc2c(c1)OCO2. The van der Waals surface area contributed by atoms with Crippen LogP contribution in [-0.4, -0.2) is 18.9 Å². The molecular formula is C15H22N2O3. The van der Waals surface area contributed by atoms with Gasteiger partial charge in [-0.1, -0.05) is 19.9 Å². The van der Waals surface area contributed by atoms with Gasteiger partial charge in [-0.05, 0) is 37.5 Å². The van der Waals surface area contributed by atoms with E-state index in [0.29, 0.717) is 5.92 Å². The number of rotatable bonds is 4. The molecule has 1 heterocycles. The van der Waals surface area contributed by atoms with E-state index in [-0.39, 0.29) is 24.9 Å². The molecule has 5 heteroatoms. The van der Waals surface area contributed by atoms with Crippen molar-refractivity contribution in [2.45, 2.75) is 39.8 Å². The average Bonchev–Trinajstić information content (AvgIpc) is 2.85. The van der Waals surface area contributed by atoms with Crippen molar-refractivity contribution in [3.8, 4) is 11.5 Å². The zero-order valence-corrected chi connectivity index (χ0v) is 12.4.